The zero-order valence-electron chi connectivity index (χ0n) is 16.2. The molecule has 3 aliphatic rings. The molecule has 0 bridgehead atoms. The summed E-state index contributed by atoms with van der Waals surface area (Å²) in [6.07, 6.45) is 5.30. The zero-order valence-corrected chi connectivity index (χ0v) is 16.2. The first-order chi connectivity index (χ1) is 13.9. The van der Waals surface area contributed by atoms with Crippen LogP contribution in [-0.4, -0.2) is 85.6 Å². The fourth-order valence-corrected chi connectivity index (χ4v) is 4.15. The van der Waals surface area contributed by atoms with Gasteiger partial charge in [-0.3, -0.25) is 0 Å². The summed E-state index contributed by atoms with van der Waals surface area (Å²) in [7, 11) is 0. The molecule has 2 aromatic rings. The highest BCUT2D eigenvalue weighted by molar-refractivity contribution is 5.94. The lowest BCUT2D eigenvalue weighted by Crippen LogP contribution is -2.39. The van der Waals surface area contributed by atoms with Crippen LogP contribution >= 0.6 is 0 Å². The second-order valence-electron chi connectivity index (χ2n) is 7.49. The summed E-state index contributed by atoms with van der Waals surface area (Å²) < 4.78 is 11.1. The van der Waals surface area contributed by atoms with Crippen LogP contribution in [0.2, 0.25) is 0 Å². The summed E-state index contributed by atoms with van der Waals surface area (Å²) in [5.41, 5.74) is 1.68. The molecule has 0 aliphatic carbocycles. The summed E-state index contributed by atoms with van der Waals surface area (Å²) in [6.45, 7) is 8.16. The maximum absolute atomic E-state index is 5.55. The lowest BCUT2D eigenvalue weighted by molar-refractivity contribution is 0.122. The SMILES string of the molecule is c1nc(N2CCOCC2)c2nc(N3CCCCC3)nc(N3CCOCC3)c2n1. The number of ether oxygens (including phenoxy) is 2. The Kier molecular flexibility index (Phi) is 5.09. The van der Waals surface area contributed by atoms with E-state index in [1.165, 1.54) is 19.3 Å². The van der Waals surface area contributed by atoms with Crippen LogP contribution in [0.15, 0.2) is 6.33 Å². The lowest BCUT2D eigenvalue weighted by Gasteiger charge is -2.32. The standard InChI is InChI=1S/C19H27N7O2/c1-2-4-26(5-3-1)19-22-16-15(18(23-19)25-8-12-28-13-9-25)20-14-21-17(16)24-6-10-27-11-7-24/h14H,1-13H2. The molecular formula is C19H27N7O2. The van der Waals surface area contributed by atoms with Gasteiger partial charge in [0.05, 0.1) is 26.4 Å². The first-order valence-corrected chi connectivity index (χ1v) is 10.3. The molecule has 0 saturated carbocycles. The molecule has 0 aromatic carbocycles. The third-order valence-electron chi connectivity index (χ3n) is 5.69. The smallest absolute Gasteiger partial charge is 0.228 e. The molecule has 0 spiro atoms. The molecule has 9 heteroatoms. The van der Waals surface area contributed by atoms with Gasteiger partial charge in [-0.2, -0.15) is 4.98 Å². The van der Waals surface area contributed by atoms with Crippen LogP contribution in [0.4, 0.5) is 17.6 Å². The summed E-state index contributed by atoms with van der Waals surface area (Å²) in [6, 6.07) is 0. The monoisotopic (exact) mass is 385 g/mol. The topological polar surface area (TPSA) is 79.7 Å². The van der Waals surface area contributed by atoms with Crippen molar-refractivity contribution in [3.63, 3.8) is 0 Å². The molecule has 3 aliphatic heterocycles. The number of fused-ring (bicyclic) bond motifs is 1. The van der Waals surface area contributed by atoms with Gasteiger partial charge in [0.2, 0.25) is 5.95 Å². The zero-order chi connectivity index (χ0) is 18.8. The summed E-state index contributed by atoms with van der Waals surface area (Å²) in [4.78, 5) is 26.0. The van der Waals surface area contributed by atoms with E-state index < -0.39 is 0 Å². The average Bonchev–Trinajstić information content (AvgIpc) is 2.79. The largest absolute Gasteiger partial charge is 0.378 e. The minimum absolute atomic E-state index is 0.714. The molecule has 3 saturated heterocycles. The number of hydrogen-bond donors (Lipinski definition) is 0. The molecule has 0 N–H and O–H groups in total. The summed E-state index contributed by atoms with van der Waals surface area (Å²) in [5.74, 6) is 2.60. The fourth-order valence-electron chi connectivity index (χ4n) is 4.15. The second-order valence-corrected chi connectivity index (χ2v) is 7.49. The van der Waals surface area contributed by atoms with Crippen molar-refractivity contribution < 1.29 is 9.47 Å². The Bertz CT molecular complexity index is 815. The molecule has 0 radical (unpaired) electrons. The van der Waals surface area contributed by atoms with Gasteiger partial charge in [0, 0.05) is 39.3 Å². The minimum atomic E-state index is 0.714. The van der Waals surface area contributed by atoms with Gasteiger partial charge in [-0.05, 0) is 19.3 Å². The van der Waals surface area contributed by atoms with Crippen molar-refractivity contribution in [2.24, 2.45) is 0 Å². The van der Waals surface area contributed by atoms with E-state index in [0.29, 0.717) is 26.4 Å². The van der Waals surface area contributed by atoms with Crippen LogP contribution in [0.3, 0.4) is 0 Å². The van der Waals surface area contributed by atoms with E-state index in [4.69, 9.17) is 19.4 Å². The van der Waals surface area contributed by atoms with Crippen molar-refractivity contribution in [2.75, 3.05) is 80.4 Å². The molecule has 0 amide bonds. The molecule has 28 heavy (non-hydrogen) atoms. The average molecular weight is 385 g/mol. The Morgan fingerprint density at radius 1 is 0.607 bits per heavy atom. The van der Waals surface area contributed by atoms with Crippen molar-refractivity contribution >= 4 is 28.6 Å². The van der Waals surface area contributed by atoms with Gasteiger partial charge in [0.1, 0.15) is 17.4 Å². The Balaban J connectivity index is 1.63. The Labute approximate surface area is 164 Å². The fraction of sp³-hybridized carbons (Fsp3) is 0.684. The van der Waals surface area contributed by atoms with E-state index in [2.05, 4.69) is 24.7 Å². The normalized spacial score (nSPS) is 21.4. The predicted octanol–water partition coefficient (Wildman–Crippen LogP) is 1.08. The number of aromatic nitrogens is 4. The lowest BCUT2D eigenvalue weighted by atomic mass is 10.1. The molecule has 0 atom stereocenters. The number of rotatable bonds is 3. The van der Waals surface area contributed by atoms with E-state index in [-0.39, 0.29) is 0 Å². The number of nitrogens with zero attached hydrogens (tertiary/aromatic N) is 7. The summed E-state index contributed by atoms with van der Waals surface area (Å²) >= 11 is 0. The van der Waals surface area contributed by atoms with Crippen LogP contribution < -0.4 is 14.7 Å². The highest BCUT2D eigenvalue weighted by Gasteiger charge is 2.25. The highest BCUT2D eigenvalue weighted by atomic mass is 16.5. The van der Waals surface area contributed by atoms with Gasteiger partial charge in [0.15, 0.2) is 11.6 Å². The van der Waals surface area contributed by atoms with Crippen LogP contribution in [0.5, 0.6) is 0 Å². The third kappa shape index (κ3) is 3.44. The van der Waals surface area contributed by atoms with Crippen molar-refractivity contribution in [3.8, 4) is 0 Å². The Hall–Kier alpha value is -2.26. The molecule has 3 fully saturated rings. The molecular weight excluding hydrogens is 358 g/mol. The first-order valence-electron chi connectivity index (χ1n) is 10.3. The maximum Gasteiger partial charge on any atom is 0.228 e. The second kappa shape index (κ2) is 8.00. The van der Waals surface area contributed by atoms with Gasteiger partial charge in [-0.25, -0.2) is 15.0 Å². The van der Waals surface area contributed by atoms with Crippen LogP contribution in [0, 0.1) is 0 Å². The van der Waals surface area contributed by atoms with Crippen molar-refractivity contribution in [2.45, 2.75) is 19.3 Å². The number of hydrogen-bond acceptors (Lipinski definition) is 9. The molecule has 2 aromatic heterocycles. The van der Waals surface area contributed by atoms with Gasteiger partial charge >= 0.3 is 0 Å². The minimum Gasteiger partial charge on any atom is -0.378 e. The number of anilines is 3. The number of piperidine rings is 1. The van der Waals surface area contributed by atoms with E-state index in [9.17, 15) is 0 Å². The van der Waals surface area contributed by atoms with Crippen LogP contribution in [0.25, 0.3) is 11.0 Å². The van der Waals surface area contributed by atoms with E-state index in [1.807, 2.05) is 0 Å². The third-order valence-corrected chi connectivity index (χ3v) is 5.69. The maximum atomic E-state index is 5.55. The van der Waals surface area contributed by atoms with Gasteiger partial charge in [-0.1, -0.05) is 0 Å². The molecule has 0 unspecified atom stereocenters. The van der Waals surface area contributed by atoms with Crippen LogP contribution in [0.1, 0.15) is 19.3 Å². The van der Waals surface area contributed by atoms with Gasteiger partial charge in [0.25, 0.3) is 0 Å². The number of morpholine rings is 2. The van der Waals surface area contributed by atoms with Crippen LogP contribution in [-0.2, 0) is 9.47 Å². The summed E-state index contributed by atoms with van der Waals surface area (Å²) in [5, 5.41) is 0. The highest BCUT2D eigenvalue weighted by Crippen LogP contribution is 2.31. The molecule has 150 valence electrons. The van der Waals surface area contributed by atoms with Crippen molar-refractivity contribution in [1.82, 2.24) is 19.9 Å². The van der Waals surface area contributed by atoms with E-state index >= 15 is 0 Å². The van der Waals surface area contributed by atoms with Gasteiger partial charge in [-0.15, -0.1) is 0 Å². The van der Waals surface area contributed by atoms with Crippen molar-refractivity contribution in [3.05, 3.63) is 6.33 Å². The van der Waals surface area contributed by atoms with Gasteiger partial charge < -0.3 is 24.2 Å². The first kappa shape index (κ1) is 17.8. The Morgan fingerprint density at radius 3 is 1.93 bits per heavy atom. The van der Waals surface area contributed by atoms with E-state index in [1.54, 1.807) is 6.33 Å². The predicted molar refractivity (Wildman–Crippen MR) is 107 cm³/mol. The van der Waals surface area contributed by atoms with E-state index in [0.717, 1.165) is 67.9 Å². The molecule has 5 heterocycles. The molecule has 5 rings (SSSR count). The van der Waals surface area contributed by atoms with Crippen molar-refractivity contribution in [1.29, 1.82) is 0 Å². The quantitative estimate of drug-likeness (QED) is 0.771. The molecule has 9 nitrogen and oxygen atoms in total. The Morgan fingerprint density at radius 2 is 1.25 bits per heavy atom.